The van der Waals surface area contributed by atoms with E-state index in [0.717, 1.165) is 22.4 Å². The molecule has 1 amide bonds. The summed E-state index contributed by atoms with van der Waals surface area (Å²) < 4.78 is 21.6. The zero-order valence-corrected chi connectivity index (χ0v) is 17.9. The Morgan fingerprint density at radius 2 is 1.71 bits per heavy atom. The predicted molar refractivity (Wildman–Crippen MR) is 114 cm³/mol. The Bertz CT molecular complexity index is 1060. The molecule has 31 heavy (non-hydrogen) atoms. The maximum atomic E-state index is 13.4. The van der Waals surface area contributed by atoms with Gasteiger partial charge in [-0.15, -0.1) is 0 Å². The molecule has 2 aromatic carbocycles. The number of H-pyrrole nitrogens is 1. The quantitative estimate of drug-likeness (QED) is 0.560. The zero-order chi connectivity index (χ0) is 22.0. The molecular formula is C23H25N3O5. The summed E-state index contributed by atoms with van der Waals surface area (Å²) in [7, 11) is 6.35. The van der Waals surface area contributed by atoms with E-state index in [1.54, 1.807) is 33.3 Å². The maximum Gasteiger partial charge on any atom is 0.273 e. The van der Waals surface area contributed by atoms with E-state index < -0.39 is 12.3 Å². The minimum Gasteiger partial charge on any atom is -0.497 e. The standard InChI is InChI=1S/C23H25N3O5/c1-28-15-11-9-14(10-12-15)20-19-21(25-24-20)23(27)26(13-18(30-3)31-4)22(19)16-7-5-6-8-17(16)29-2/h5-12,18,22H,13H2,1-4H3,(H,24,25). The van der Waals surface area contributed by atoms with Crippen molar-refractivity contribution in [1.29, 1.82) is 0 Å². The second kappa shape index (κ2) is 8.79. The summed E-state index contributed by atoms with van der Waals surface area (Å²) in [4.78, 5) is 15.1. The fourth-order valence-corrected chi connectivity index (χ4v) is 3.98. The van der Waals surface area contributed by atoms with Crippen molar-refractivity contribution in [3.05, 3.63) is 65.4 Å². The van der Waals surface area contributed by atoms with Gasteiger partial charge in [-0.05, 0) is 30.3 Å². The summed E-state index contributed by atoms with van der Waals surface area (Å²) >= 11 is 0. The molecule has 0 saturated heterocycles. The Morgan fingerprint density at radius 3 is 2.35 bits per heavy atom. The first-order chi connectivity index (χ1) is 15.1. The van der Waals surface area contributed by atoms with Crippen LogP contribution < -0.4 is 9.47 Å². The smallest absolute Gasteiger partial charge is 0.273 e. The highest BCUT2D eigenvalue weighted by atomic mass is 16.7. The summed E-state index contributed by atoms with van der Waals surface area (Å²) in [6.45, 7) is 0.249. The largest absolute Gasteiger partial charge is 0.497 e. The zero-order valence-electron chi connectivity index (χ0n) is 17.9. The van der Waals surface area contributed by atoms with Gasteiger partial charge in [0.05, 0.1) is 32.5 Å². The molecule has 0 radical (unpaired) electrons. The van der Waals surface area contributed by atoms with E-state index in [1.807, 2.05) is 48.5 Å². The number of carbonyl (C=O) groups excluding carboxylic acids is 1. The molecule has 1 atom stereocenters. The molecule has 0 bridgehead atoms. The van der Waals surface area contributed by atoms with E-state index in [9.17, 15) is 4.79 Å². The molecule has 1 aromatic heterocycles. The maximum absolute atomic E-state index is 13.4. The number of rotatable bonds is 8. The second-order valence-electron chi connectivity index (χ2n) is 7.09. The van der Waals surface area contributed by atoms with Gasteiger partial charge in [0, 0.05) is 30.9 Å². The molecule has 4 rings (SSSR count). The molecular weight excluding hydrogens is 398 g/mol. The van der Waals surface area contributed by atoms with Gasteiger partial charge in [-0.3, -0.25) is 9.89 Å². The molecule has 1 N–H and O–H groups in total. The van der Waals surface area contributed by atoms with E-state index >= 15 is 0 Å². The van der Waals surface area contributed by atoms with Crippen molar-refractivity contribution in [2.45, 2.75) is 12.3 Å². The van der Waals surface area contributed by atoms with Gasteiger partial charge in [0.2, 0.25) is 0 Å². The lowest BCUT2D eigenvalue weighted by atomic mass is 9.95. The molecule has 0 spiro atoms. The number of aromatic nitrogens is 2. The van der Waals surface area contributed by atoms with Crippen LogP contribution >= 0.6 is 0 Å². The Labute approximate surface area is 180 Å². The van der Waals surface area contributed by atoms with E-state index in [4.69, 9.17) is 18.9 Å². The molecule has 8 nitrogen and oxygen atoms in total. The van der Waals surface area contributed by atoms with E-state index in [1.165, 1.54) is 0 Å². The summed E-state index contributed by atoms with van der Waals surface area (Å²) in [6, 6.07) is 14.8. The van der Waals surface area contributed by atoms with Gasteiger partial charge in [-0.1, -0.05) is 18.2 Å². The highest BCUT2D eigenvalue weighted by molar-refractivity contribution is 6.00. The molecule has 1 aliphatic heterocycles. The van der Waals surface area contributed by atoms with Gasteiger partial charge in [0.25, 0.3) is 5.91 Å². The average Bonchev–Trinajstić information content (AvgIpc) is 3.36. The summed E-state index contributed by atoms with van der Waals surface area (Å²) in [5.74, 6) is 1.27. The van der Waals surface area contributed by atoms with Gasteiger partial charge in [0.15, 0.2) is 6.29 Å². The Hall–Kier alpha value is -3.36. The van der Waals surface area contributed by atoms with Crippen molar-refractivity contribution < 1.29 is 23.7 Å². The third-order valence-corrected chi connectivity index (χ3v) is 5.53. The molecule has 1 aliphatic rings. The first-order valence-electron chi connectivity index (χ1n) is 9.85. The first kappa shape index (κ1) is 20.9. The van der Waals surface area contributed by atoms with Crippen molar-refractivity contribution in [2.24, 2.45) is 0 Å². The number of para-hydroxylation sites is 1. The normalized spacial score (nSPS) is 15.5. The van der Waals surface area contributed by atoms with Gasteiger partial charge in [-0.25, -0.2) is 0 Å². The molecule has 8 heteroatoms. The number of benzene rings is 2. The predicted octanol–water partition coefficient (Wildman–Crippen LogP) is 3.26. The van der Waals surface area contributed by atoms with Crippen LogP contribution in [-0.2, 0) is 9.47 Å². The summed E-state index contributed by atoms with van der Waals surface area (Å²) in [5, 5.41) is 7.43. The molecule has 0 fully saturated rings. The van der Waals surface area contributed by atoms with E-state index in [0.29, 0.717) is 17.1 Å². The monoisotopic (exact) mass is 423 g/mol. The molecule has 162 valence electrons. The number of hydrogen-bond donors (Lipinski definition) is 1. The van der Waals surface area contributed by atoms with Crippen LogP contribution in [-0.4, -0.2) is 62.3 Å². The fourth-order valence-electron chi connectivity index (χ4n) is 3.98. The molecule has 2 heterocycles. The number of aromatic amines is 1. The number of carbonyl (C=O) groups is 1. The Kier molecular flexibility index (Phi) is 5.92. The van der Waals surface area contributed by atoms with Gasteiger partial charge in [0.1, 0.15) is 17.2 Å². The number of hydrogen-bond acceptors (Lipinski definition) is 6. The average molecular weight is 423 g/mol. The third-order valence-electron chi connectivity index (χ3n) is 5.53. The highest BCUT2D eigenvalue weighted by Crippen LogP contribution is 2.45. The van der Waals surface area contributed by atoms with Crippen molar-refractivity contribution in [1.82, 2.24) is 15.1 Å². The number of amides is 1. The molecule has 0 saturated carbocycles. The van der Waals surface area contributed by atoms with Crippen LogP contribution in [0.15, 0.2) is 48.5 Å². The Morgan fingerprint density at radius 1 is 1.00 bits per heavy atom. The van der Waals surface area contributed by atoms with Gasteiger partial charge >= 0.3 is 0 Å². The van der Waals surface area contributed by atoms with E-state index in [-0.39, 0.29) is 12.5 Å². The number of ether oxygens (including phenoxy) is 4. The van der Waals surface area contributed by atoms with Crippen LogP contribution in [0.5, 0.6) is 11.5 Å². The first-order valence-corrected chi connectivity index (χ1v) is 9.85. The third kappa shape index (κ3) is 3.64. The SMILES string of the molecule is COc1ccc(-c2n[nH]c3c2C(c2ccccc2OC)N(CC(OC)OC)C3=O)cc1. The number of fused-ring (bicyclic) bond motifs is 1. The number of methoxy groups -OCH3 is 4. The Balaban J connectivity index is 1.86. The highest BCUT2D eigenvalue weighted by Gasteiger charge is 2.44. The minimum atomic E-state index is -0.567. The fraction of sp³-hybridized carbons (Fsp3) is 0.304. The van der Waals surface area contributed by atoms with Crippen LogP contribution in [0.3, 0.4) is 0 Å². The topological polar surface area (TPSA) is 85.9 Å². The lowest BCUT2D eigenvalue weighted by Gasteiger charge is -2.29. The van der Waals surface area contributed by atoms with Crippen LogP contribution in [0.4, 0.5) is 0 Å². The van der Waals surface area contributed by atoms with Gasteiger partial charge in [-0.2, -0.15) is 5.10 Å². The molecule has 3 aromatic rings. The lowest BCUT2D eigenvalue weighted by molar-refractivity contribution is -0.113. The van der Waals surface area contributed by atoms with Crippen LogP contribution in [0.2, 0.25) is 0 Å². The van der Waals surface area contributed by atoms with Crippen molar-refractivity contribution >= 4 is 5.91 Å². The van der Waals surface area contributed by atoms with Crippen LogP contribution in [0.1, 0.15) is 27.7 Å². The van der Waals surface area contributed by atoms with Crippen LogP contribution in [0, 0.1) is 0 Å². The number of nitrogens with one attached hydrogen (secondary N) is 1. The van der Waals surface area contributed by atoms with Crippen molar-refractivity contribution in [3.63, 3.8) is 0 Å². The van der Waals surface area contributed by atoms with Crippen LogP contribution in [0.25, 0.3) is 11.3 Å². The van der Waals surface area contributed by atoms with Crippen molar-refractivity contribution in [3.8, 4) is 22.8 Å². The molecule has 0 aliphatic carbocycles. The van der Waals surface area contributed by atoms with Crippen molar-refractivity contribution in [2.75, 3.05) is 35.0 Å². The number of nitrogens with zero attached hydrogens (tertiary/aromatic N) is 2. The van der Waals surface area contributed by atoms with E-state index in [2.05, 4.69) is 10.2 Å². The second-order valence-corrected chi connectivity index (χ2v) is 7.09. The summed E-state index contributed by atoms with van der Waals surface area (Å²) in [6.07, 6.45) is -0.567. The van der Waals surface area contributed by atoms with Gasteiger partial charge < -0.3 is 23.8 Å². The molecule has 1 unspecified atom stereocenters. The minimum absolute atomic E-state index is 0.169. The lowest BCUT2D eigenvalue weighted by Crippen LogP contribution is -2.38. The summed E-state index contributed by atoms with van der Waals surface area (Å²) in [5.41, 5.74) is 3.69.